The number of nitriles is 1. The average Bonchev–Trinajstić information content (AvgIpc) is 2.29. The largest absolute Gasteiger partial charge is 0.493 e. The number of hydrogen-bond donors (Lipinski definition) is 0. The van der Waals surface area contributed by atoms with E-state index in [9.17, 15) is 0 Å². The molecule has 3 heteroatoms. The van der Waals surface area contributed by atoms with E-state index in [4.69, 9.17) is 10.00 Å². The highest BCUT2D eigenvalue weighted by atomic mass is 79.9. The predicted molar refractivity (Wildman–Crippen MR) is 66.7 cm³/mol. The minimum absolute atomic E-state index is 0.341. The van der Waals surface area contributed by atoms with E-state index in [0.29, 0.717) is 11.0 Å². The Hall–Kier alpha value is -1.01. The first-order valence-corrected chi connectivity index (χ1v) is 6.59. The quantitative estimate of drug-likeness (QED) is 0.791. The van der Waals surface area contributed by atoms with Crippen molar-refractivity contribution in [3.05, 3.63) is 29.8 Å². The van der Waals surface area contributed by atoms with E-state index in [1.165, 1.54) is 19.3 Å². The van der Waals surface area contributed by atoms with Crippen LogP contribution < -0.4 is 4.74 Å². The predicted octanol–water partition coefficient (Wildman–Crippen LogP) is 3.50. The highest BCUT2D eigenvalue weighted by molar-refractivity contribution is 9.09. The lowest BCUT2D eigenvalue weighted by atomic mass is 9.71. The van der Waals surface area contributed by atoms with Crippen molar-refractivity contribution in [2.75, 3.05) is 11.9 Å². The van der Waals surface area contributed by atoms with Crippen molar-refractivity contribution in [3.8, 4) is 11.8 Å². The molecule has 0 bridgehead atoms. The van der Waals surface area contributed by atoms with Gasteiger partial charge < -0.3 is 4.74 Å². The second kappa shape index (κ2) is 4.88. The summed E-state index contributed by atoms with van der Waals surface area (Å²) in [5.41, 5.74) is 1.01. The van der Waals surface area contributed by atoms with Gasteiger partial charge >= 0.3 is 0 Å². The van der Waals surface area contributed by atoms with Gasteiger partial charge in [0.2, 0.25) is 0 Å². The first-order chi connectivity index (χ1) is 7.78. The maximum Gasteiger partial charge on any atom is 0.119 e. The van der Waals surface area contributed by atoms with Crippen LogP contribution >= 0.6 is 15.9 Å². The van der Waals surface area contributed by atoms with Crippen LogP contribution in [0.25, 0.3) is 0 Å². The topological polar surface area (TPSA) is 33.0 Å². The fourth-order valence-electron chi connectivity index (χ4n) is 1.86. The molecule has 0 unspecified atom stereocenters. The van der Waals surface area contributed by atoms with Crippen molar-refractivity contribution in [1.82, 2.24) is 0 Å². The molecule has 1 aromatic rings. The minimum Gasteiger partial charge on any atom is -0.493 e. The molecule has 0 spiro atoms. The second-order valence-corrected chi connectivity index (χ2v) is 4.97. The van der Waals surface area contributed by atoms with Gasteiger partial charge in [-0.1, -0.05) is 22.4 Å². The molecule has 84 valence electrons. The molecule has 0 radical (unpaired) electrons. The molecule has 16 heavy (non-hydrogen) atoms. The maximum absolute atomic E-state index is 8.68. The Kier molecular flexibility index (Phi) is 3.50. The highest BCUT2D eigenvalue weighted by Gasteiger charge is 2.36. The fraction of sp³-hybridized carbons (Fsp3) is 0.462. The van der Waals surface area contributed by atoms with Crippen LogP contribution in [0.2, 0.25) is 0 Å². The van der Waals surface area contributed by atoms with Gasteiger partial charge in [-0.05, 0) is 37.1 Å². The third-order valence-electron chi connectivity index (χ3n) is 3.23. The van der Waals surface area contributed by atoms with E-state index in [2.05, 4.69) is 22.0 Å². The SMILES string of the molecule is N#Cc1ccc(OCC2(CBr)CCC2)cc1. The van der Waals surface area contributed by atoms with Crippen molar-refractivity contribution in [2.24, 2.45) is 5.41 Å². The Bertz CT molecular complexity index is 384. The summed E-state index contributed by atoms with van der Waals surface area (Å²) in [5.74, 6) is 0.853. The second-order valence-electron chi connectivity index (χ2n) is 4.41. The first-order valence-electron chi connectivity index (χ1n) is 5.47. The first kappa shape index (κ1) is 11.5. The average molecular weight is 280 g/mol. The third kappa shape index (κ3) is 2.38. The molecule has 1 fully saturated rings. The van der Waals surface area contributed by atoms with Crippen LogP contribution in [0.5, 0.6) is 5.75 Å². The number of ether oxygens (including phenoxy) is 1. The summed E-state index contributed by atoms with van der Waals surface area (Å²) < 4.78 is 5.76. The maximum atomic E-state index is 8.68. The molecule has 0 heterocycles. The van der Waals surface area contributed by atoms with Crippen LogP contribution in [-0.2, 0) is 0 Å². The van der Waals surface area contributed by atoms with E-state index >= 15 is 0 Å². The van der Waals surface area contributed by atoms with Crippen LogP contribution in [0, 0.1) is 16.7 Å². The Balaban J connectivity index is 1.92. The Morgan fingerprint density at radius 2 is 2.00 bits per heavy atom. The number of rotatable bonds is 4. The van der Waals surface area contributed by atoms with Gasteiger partial charge in [0, 0.05) is 10.7 Å². The number of hydrogen-bond acceptors (Lipinski definition) is 2. The molecule has 1 aliphatic rings. The molecule has 1 aliphatic carbocycles. The lowest BCUT2D eigenvalue weighted by Crippen LogP contribution is -2.37. The zero-order chi connectivity index (χ0) is 11.4. The molecule has 0 aliphatic heterocycles. The van der Waals surface area contributed by atoms with Gasteiger partial charge in [-0.2, -0.15) is 5.26 Å². The summed E-state index contributed by atoms with van der Waals surface area (Å²) >= 11 is 3.56. The zero-order valence-electron chi connectivity index (χ0n) is 9.08. The number of alkyl halides is 1. The minimum atomic E-state index is 0.341. The normalized spacial score (nSPS) is 17.2. The molecule has 0 amide bonds. The molecule has 0 N–H and O–H groups in total. The Morgan fingerprint density at radius 1 is 1.31 bits per heavy atom. The summed E-state index contributed by atoms with van der Waals surface area (Å²) in [4.78, 5) is 0. The fourth-order valence-corrected chi connectivity index (χ4v) is 2.58. The number of benzene rings is 1. The van der Waals surface area contributed by atoms with Gasteiger partial charge in [-0.3, -0.25) is 0 Å². The summed E-state index contributed by atoms with van der Waals surface area (Å²) in [6.07, 6.45) is 3.80. The summed E-state index contributed by atoms with van der Waals surface area (Å²) in [6, 6.07) is 9.39. The van der Waals surface area contributed by atoms with Gasteiger partial charge in [0.25, 0.3) is 0 Å². The molecule has 0 aromatic heterocycles. The van der Waals surface area contributed by atoms with Gasteiger partial charge in [0.1, 0.15) is 5.75 Å². The van der Waals surface area contributed by atoms with Crippen LogP contribution in [-0.4, -0.2) is 11.9 Å². The van der Waals surface area contributed by atoms with Crippen molar-refractivity contribution in [1.29, 1.82) is 5.26 Å². The monoisotopic (exact) mass is 279 g/mol. The van der Waals surface area contributed by atoms with Gasteiger partial charge in [-0.15, -0.1) is 0 Å². The lowest BCUT2D eigenvalue weighted by Gasteiger charge is -2.39. The number of halogens is 1. The zero-order valence-corrected chi connectivity index (χ0v) is 10.7. The van der Waals surface area contributed by atoms with Crippen molar-refractivity contribution in [3.63, 3.8) is 0 Å². The van der Waals surface area contributed by atoms with E-state index in [1.807, 2.05) is 12.1 Å². The molecule has 1 aromatic carbocycles. The molecule has 1 saturated carbocycles. The summed E-state index contributed by atoms with van der Waals surface area (Å²) in [5, 5.41) is 9.69. The summed E-state index contributed by atoms with van der Waals surface area (Å²) in [6.45, 7) is 0.768. The summed E-state index contributed by atoms with van der Waals surface area (Å²) in [7, 11) is 0. The molecular formula is C13H14BrNO. The van der Waals surface area contributed by atoms with Crippen LogP contribution in [0.15, 0.2) is 24.3 Å². The molecule has 0 atom stereocenters. The van der Waals surface area contributed by atoms with E-state index in [1.54, 1.807) is 12.1 Å². The van der Waals surface area contributed by atoms with Crippen LogP contribution in [0.1, 0.15) is 24.8 Å². The molecular weight excluding hydrogens is 266 g/mol. The van der Waals surface area contributed by atoms with Gasteiger partial charge in [0.05, 0.1) is 18.2 Å². The van der Waals surface area contributed by atoms with Crippen LogP contribution in [0.3, 0.4) is 0 Å². The van der Waals surface area contributed by atoms with Gasteiger partial charge in [0.15, 0.2) is 0 Å². The van der Waals surface area contributed by atoms with Gasteiger partial charge in [-0.25, -0.2) is 0 Å². The smallest absolute Gasteiger partial charge is 0.119 e. The molecule has 0 saturated heterocycles. The lowest BCUT2D eigenvalue weighted by molar-refractivity contribution is 0.0838. The standard InChI is InChI=1S/C13H14BrNO/c14-9-13(6-1-7-13)10-16-12-4-2-11(8-15)3-5-12/h2-5H,1,6-7,9-10H2. The van der Waals surface area contributed by atoms with Crippen molar-refractivity contribution in [2.45, 2.75) is 19.3 Å². The molecule has 2 rings (SSSR count). The van der Waals surface area contributed by atoms with Crippen LogP contribution in [0.4, 0.5) is 0 Å². The highest BCUT2D eigenvalue weighted by Crippen LogP contribution is 2.42. The third-order valence-corrected chi connectivity index (χ3v) is 4.42. The Morgan fingerprint density at radius 3 is 2.44 bits per heavy atom. The van der Waals surface area contributed by atoms with E-state index in [-0.39, 0.29) is 0 Å². The van der Waals surface area contributed by atoms with Crippen molar-refractivity contribution >= 4 is 15.9 Å². The van der Waals surface area contributed by atoms with E-state index < -0.39 is 0 Å². The Labute approximate surface area is 104 Å². The van der Waals surface area contributed by atoms with Crippen molar-refractivity contribution < 1.29 is 4.74 Å². The number of nitrogens with zero attached hydrogens (tertiary/aromatic N) is 1. The van der Waals surface area contributed by atoms with E-state index in [0.717, 1.165) is 17.7 Å². The molecule has 2 nitrogen and oxygen atoms in total.